The average molecular weight is 350 g/mol. The Bertz CT molecular complexity index is 594. The van der Waals surface area contributed by atoms with E-state index in [1.807, 2.05) is 12.1 Å². The summed E-state index contributed by atoms with van der Waals surface area (Å²) < 4.78 is 11.5. The van der Waals surface area contributed by atoms with Gasteiger partial charge < -0.3 is 15.5 Å². The molecule has 5 nitrogen and oxygen atoms in total. The highest BCUT2D eigenvalue weighted by Crippen LogP contribution is 2.26. The quantitative estimate of drug-likeness (QED) is 0.878. The summed E-state index contributed by atoms with van der Waals surface area (Å²) in [6.07, 6.45) is 9.09. The fourth-order valence-electron chi connectivity index (χ4n) is 3.78. The van der Waals surface area contributed by atoms with Crippen LogP contribution in [-0.4, -0.2) is 46.6 Å². The van der Waals surface area contributed by atoms with E-state index in [1.54, 1.807) is 18.4 Å². The Morgan fingerprint density at radius 1 is 1.17 bits per heavy atom. The largest absolute Gasteiger partial charge is 0.335 e. The second-order valence-corrected chi connectivity index (χ2v) is 8.21. The number of anilines is 1. The lowest BCUT2D eigenvalue weighted by molar-refractivity contribution is 0.147. The predicted molar refractivity (Wildman–Crippen MR) is 97.8 cm³/mol. The van der Waals surface area contributed by atoms with Crippen LogP contribution in [0.25, 0.3) is 0 Å². The Morgan fingerprint density at radius 3 is 2.54 bits per heavy atom. The molecule has 6 heteroatoms. The summed E-state index contributed by atoms with van der Waals surface area (Å²) in [5.41, 5.74) is 0.684. The SMILES string of the molecule is C[S@](=O)c1cccc(NC(=O)NC2CCN(C3CCCC3)CC2)c1. The molecule has 132 valence electrons. The van der Waals surface area contributed by atoms with Crippen molar-refractivity contribution in [1.82, 2.24) is 10.2 Å². The first-order chi connectivity index (χ1) is 11.6. The van der Waals surface area contributed by atoms with Gasteiger partial charge in [0.2, 0.25) is 0 Å². The van der Waals surface area contributed by atoms with Crippen molar-refractivity contribution in [3.05, 3.63) is 24.3 Å². The van der Waals surface area contributed by atoms with Gasteiger partial charge in [-0.3, -0.25) is 4.21 Å². The number of urea groups is 1. The Balaban J connectivity index is 1.45. The van der Waals surface area contributed by atoms with Gasteiger partial charge in [-0.15, -0.1) is 0 Å². The molecule has 2 N–H and O–H groups in total. The van der Waals surface area contributed by atoms with E-state index in [-0.39, 0.29) is 12.1 Å². The number of nitrogens with one attached hydrogen (secondary N) is 2. The molecular weight excluding hydrogens is 322 g/mol. The van der Waals surface area contributed by atoms with Crippen molar-refractivity contribution < 1.29 is 9.00 Å². The molecule has 3 rings (SSSR count). The smallest absolute Gasteiger partial charge is 0.319 e. The van der Waals surface area contributed by atoms with Gasteiger partial charge in [0.1, 0.15) is 0 Å². The second kappa shape index (κ2) is 8.12. The Morgan fingerprint density at radius 2 is 1.88 bits per heavy atom. The summed E-state index contributed by atoms with van der Waals surface area (Å²) in [6, 6.07) is 8.04. The van der Waals surface area contributed by atoms with E-state index < -0.39 is 10.8 Å². The van der Waals surface area contributed by atoms with Crippen LogP contribution >= 0.6 is 0 Å². The molecule has 0 radical (unpaired) electrons. The maximum atomic E-state index is 12.2. The van der Waals surface area contributed by atoms with Crippen LogP contribution in [0.15, 0.2) is 29.2 Å². The molecule has 1 aliphatic heterocycles. The number of carbonyl (C=O) groups excluding carboxylic acids is 1. The molecule has 1 saturated heterocycles. The van der Waals surface area contributed by atoms with Gasteiger partial charge in [0, 0.05) is 52.8 Å². The lowest BCUT2D eigenvalue weighted by atomic mass is 10.0. The van der Waals surface area contributed by atoms with Crippen molar-refractivity contribution in [3.8, 4) is 0 Å². The summed E-state index contributed by atoms with van der Waals surface area (Å²) >= 11 is 0. The lowest BCUT2D eigenvalue weighted by Gasteiger charge is -2.36. The van der Waals surface area contributed by atoms with Gasteiger partial charge in [0.25, 0.3) is 0 Å². The Kier molecular flexibility index (Phi) is 5.89. The third-order valence-corrected chi connectivity index (χ3v) is 6.05. The van der Waals surface area contributed by atoms with Crippen LogP contribution in [0.5, 0.6) is 0 Å². The molecule has 1 aliphatic carbocycles. The first-order valence-corrected chi connectivity index (χ1v) is 10.4. The second-order valence-electron chi connectivity index (χ2n) is 6.83. The number of amides is 2. The van der Waals surface area contributed by atoms with Crippen molar-refractivity contribution in [2.45, 2.75) is 55.5 Å². The number of benzene rings is 1. The maximum Gasteiger partial charge on any atom is 0.319 e. The van der Waals surface area contributed by atoms with Crippen molar-refractivity contribution in [3.63, 3.8) is 0 Å². The minimum atomic E-state index is -1.04. The molecule has 0 bridgehead atoms. The number of hydrogen-bond donors (Lipinski definition) is 2. The molecule has 0 aromatic heterocycles. The van der Waals surface area contributed by atoms with E-state index in [4.69, 9.17) is 0 Å². The molecule has 2 amide bonds. The molecule has 1 aromatic carbocycles. The van der Waals surface area contributed by atoms with Crippen LogP contribution in [0.3, 0.4) is 0 Å². The average Bonchev–Trinajstić information content (AvgIpc) is 3.10. The molecule has 1 aromatic rings. The van der Waals surface area contributed by atoms with Crippen LogP contribution in [0.4, 0.5) is 10.5 Å². The van der Waals surface area contributed by atoms with E-state index in [9.17, 15) is 9.00 Å². The third-order valence-electron chi connectivity index (χ3n) is 5.13. The van der Waals surface area contributed by atoms with Crippen molar-refractivity contribution in [1.29, 1.82) is 0 Å². The monoisotopic (exact) mass is 349 g/mol. The van der Waals surface area contributed by atoms with Crippen LogP contribution in [0.1, 0.15) is 38.5 Å². The summed E-state index contributed by atoms with van der Waals surface area (Å²) in [7, 11) is -1.04. The van der Waals surface area contributed by atoms with Crippen LogP contribution < -0.4 is 10.6 Å². The van der Waals surface area contributed by atoms with Crippen molar-refractivity contribution in [2.24, 2.45) is 0 Å². The number of carbonyl (C=O) groups is 1. The minimum absolute atomic E-state index is 0.173. The van der Waals surface area contributed by atoms with Gasteiger partial charge >= 0.3 is 6.03 Å². The molecule has 2 fully saturated rings. The molecule has 0 unspecified atom stereocenters. The fourth-order valence-corrected chi connectivity index (χ4v) is 4.35. The van der Waals surface area contributed by atoms with Crippen molar-refractivity contribution >= 4 is 22.5 Å². The zero-order valence-corrected chi connectivity index (χ0v) is 15.1. The van der Waals surface area contributed by atoms with Gasteiger partial charge in [0.05, 0.1) is 0 Å². The van der Waals surface area contributed by atoms with Gasteiger partial charge in [-0.1, -0.05) is 18.9 Å². The number of piperidine rings is 1. The van der Waals surface area contributed by atoms with E-state index >= 15 is 0 Å². The lowest BCUT2D eigenvalue weighted by Crippen LogP contribution is -2.48. The molecule has 0 spiro atoms. The zero-order chi connectivity index (χ0) is 16.9. The number of likely N-dealkylation sites (tertiary alicyclic amines) is 1. The molecular formula is C18H27N3O2S. The number of rotatable bonds is 4. The zero-order valence-electron chi connectivity index (χ0n) is 14.3. The molecule has 2 aliphatic rings. The number of hydrogen-bond acceptors (Lipinski definition) is 3. The van der Waals surface area contributed by atoms with E-state index in [1.165, 1.54) is 25.7 Å². The van der Waals surface area contributed by atoms with E-state index in [2.05, 4.69) is 15.5 Å². The van der Waals surface area contributed by atoms with E-state index in [0.717, 1.165) is 36.9 Å². The highest BCUT2D eigenvalue weighted by Gasteiger charge is 2.27. The Labute approximate surface area is 146 Å². The summed E-state index contributed by atoms with van der Waals surface area (Å²) in [5.74, 6) is 0. The fraction of sp³-hybridized carbons (Fsp3) is 0.611. The number of nitrogens with zero attached hydrogens (tertiary/aromatic N) is 1. The van der Waals surface area contributed by atoms with Gasteiger partial charge in [-0.2, -0.15) is 0 Å². The van der Waals surface area contributed by atoms with Crippen molar-refractivity contribution in [2.75, 3.05) is 24.7 Å². The first-order valence-electron chi connectivity index (χ1n) is 8.87. The van der Waals surface area contributed by atoms with Crippen LogP contribution in [-0.2, 0) is 10.8 Å². The third kappa shape index (κ3) is 4.57. The molecule has 1 heterocycles. The van der Waals surface area contributed by atoms with Gasteiger partial charge in [0.15, 0.2) is 0 Å². The summed E-state index contributed by atoms with van der Waals surface area (Å²) in [6.45, 7) is 2.17. The molecule has 24 heavy (non-hydrogen) atoms. The van der Waals surface area contributed by atoms with Gasteiger partial charge in [-0.25, -0.2) is 4.79 Å². The maximum absolute atomic E-state index is 12.2. The Hall–Kier alpha value is -1.40. The summed E-state index contributed by atoms with van der Waals surface area (Å²) in [5, 5.41) is 5.93. The normalized spacial score (nSPS) is 21.5. The summed E-state index contributed by atoms with van der Waals surface area (Å²) in [4.78, 5) is 15.5. The minimum Gasteiger partial charge on any atom is -0.335 e. The van der Waals surface area contributed by atoms with Crippen LogP contribution in [0, 0.1) is 0 Å². The van der Waals surface area contributed by atoms with Crippen LogP contribution in [0.2, 0.25) is 0 Å². The first kappa shape index (κ1) is 17.4. The highest BCUT2D eigenvalue weighted by molar-refractivity contribution is 7.84. The molecule has 1 saturated carbocycles. The highest BCUT2D eigenvalue weighted by atomic mass is 32.2. The standard InChI is InChI=1S/C18H27N3O2S/c1-24(23)17-8-4-5-15(13-17)20-18(22)19-14-9-11-21(12-10-14)16-6-2-3-7-16/h4-5,8,13-14,16H,2-3,6-7,9-12H2,1H3,(H2,19,20,22)/t24-/m0/s1. The van der Waals surface area contributed by atoms with E-state index in [0.29, 0.717) is 5.69 Å². The predicted octanol–water partition coefficient (Wildman–Crippen LogP) is 2.95. The topological polar surface area (TPSA) is 61.4 Å². The molecule has 1 atom stereocenters. The van der Waals surface area contributed by atoms with Gasteiger partial charge in [-0.05, 0) is 43.9 Å².